The number of hydrogen-bond donors (Lipinski definition) is 0. The third kappa shape index (κ3) is 3.54. The summed E-state index contributed by atoms with van der Waals surface area (Å²) in [5.41, 5.74) is 1.19. The average molecular weight is 377 g/mol. The van der Waals surface area contributed by atoms with Gasteiger partial charge >= 0.3 is 0 Å². The summed E-state index contributed by atoms with van der Waals surface area (Å²) in [6.45, 7) is 2.44. The standard InChI is InChI=1S/C20H23N7O/c28-19-5-4-18(26-9-1-8-23-26)24-27(19)14-15-6-10-25(11-7-15)20-21-12-17(13-22-20)16-2-3-16/h1,4-5,8-9,12-13,15-16H,2-3,6-7,10-11,14H2. The quantitative estimate of drug-likeness (QED) is 0.677. The van der Waals surface area contributed by atoms with Crippen LogP contribution in [0.15, 0.2) is 47.8 Å². The second-order valence-electron chi connectivity index (χ2n) is 7.68. The number of aromatic nitrogens is 6. The Morgan fingerprint density at radius 2 is 1.82 bits per heavy atom. The molecule has 2 aliphatic rings. The number of anilines is 1. The zero-order chi connectivity index (χ0) is 18.9. The molecule has 4 heterocycles. The van der Waals surface area contributed by atoms with Crippen molar-refractivity contribution in [1.29, 1.82) is 0 Å². The van der Waals surface area contributed by atoms with Crippen molar-refractivity contribution in [2.24, 2.45) is 5.92 Å². The van der Waals surface area contributed by atoms with Crippen LogP contribution in [0.3, 0.4) is 0 Å². The Labute approximate surface area is 162 Å². The van der Waals surface area contributed by atoms with Gasteiger partial charge in [-0.3, -0.25) is 4.79 Å². The SMILES string of the molecule is O=c1ccc(-n2cccn2)nn1CC1CCN(c2ncc(C3CC3)cn2)CC1. The lowest BCUT2D eigenvalue weighted by Gasteiger charge is -2.32. The molecule has 3 aromatic heterocycles. The van der Waals surface area contributed by atoms with E-state index in [1.165, 1.54) is 18.4 Å². The highest BCUT2D eigenvalue weighted by molar-refractivity contribution is 5.32. The summed E-state index contributed by atoms with van der Waals surface area (Å²) in [5, 5.41) is 8.67. The molecule has 5 rings (SSSR count). The van der Waals surface area contributed by atoms with Crippen LogP contribution < -0.4 is 10.5 Å². The van der Waals surface area contributed by atoms with Crippen LogP contribution in [-0.2, 0) is 6.54 Å². The molecule has 8 nitrogen and oxygen atoms in total. The fourth-order valence-electron chi connectivity index (χ4n) is 3.78. The Morgan fingerprint density at radius 3 is 2.50 bits per heavy atom. The van der Waals surface area contributed by atoms with E-state index in [9.17, 15) is 4.79 Å². The molecule has 0 radical (unpaired) electrons. The summed E-state index contributed by atoms with van der Waals surface area (Å²) in [6, 6.07) is 5.11. The van der Waals surface area contributed by atoms with Gasteiger partial charge in [-0.05, 0) is 55.2 Å². The Balaban J connectivity index is 1.22. The molecular weight excluding hydrogens is 354 g/mol. The van der Waals surface area contributed by atoms with Crippen molar-refractivity contribution in [3.8, 4) is 5.82 Å². The van der Waals surface area contributed by atoms with Crippen molar-refractivity contribution in [2.75, 3.05) is 18.0 Å². The Kier molecular flexibility index (Phi) is 4.38. The van der Waals surface area contributed by atoms with E-state index in [4.69, 9.17) is 0 Å². The predicted octanol–water partition coefficient (Wildman–Crippen LogP) is 2.01. The zero-order valence-electron chi connectivity index (χ0n) is 15.7. The summed E-state index contributed by atoms with van der Waals surface area (Å²) in [7, 11) is 0. The highest BCUT2D eigenvalue weighted by Gasteiger charge is 2.25. The molecule has 0 spiro atoms. The Morgan fingerprint density at radius 1 is 1.04 bits per heavy atom. The topological polar surface area (TPSA) is 81.7 Å². The minimum absolute atomic E-state index is 0.0719. The lowest BCUT2D eigenvalue weighted by atomic mass is 9.97. The van der Waals surface area contributed by atoms with Crippen molar-refractivity contribution in [2.45, 2.75) is 38.1 Å². The molecule has 0 N–H and O–H groups in total. The minimum Gasteiger partial charge on any atom is -0.341 e. The zero-order valence-corrected chi connectivity index (χ0v) is 15.7. The summed E-state index contributed by atoms with van der Waals surface area (Å²) < 4.78 is 3.24. The second kappa shape index (κ2) is 7.18. The number of hydrogen-bond acceptors (Lipinski definition) is 6. The van der Waals surface area contributed by atoms with Crippen molar-refractivity contribution in [3.05, 3.63) is 58.9 Å². The molecule has 8 heteroatoms. The molecule has 0 unspecified atom stereocenters. The molecule has 1 saturated heterocycles. The van der Waals surface area contributed by atoms with E-state index in [1.807, 2.05) is 24.7 Å². The molecule has 1 saturated carbocycles. The smallest absolute Gasteiger partial charge is 0.266 e. The van der Waals surface area contributed by atoms with Gasteiger partial charge in [0.05, 0.1) is 0 Å². The fourth-order valence-corrected chi connectivity index (χ4v) is 3.78. The van der Waals surface area contributed by atoms with E-state index >= 15 is 0 Å². The van der Waals surface area contributed by atoms with E-state index in [-0.39, 0.29) is 5.56 Å². The second-order valence-corrected chi connectivity index (χ2v) is 7.68. The first-order chi connectivity index (χ1) is 13.8. The van der Waals surface area contributed by atoms with Crippen LogP contribution in [-0.4, -0.2) is 42.6 Å². The molecule has 144 valence electrons. The minimum atomic E-state index is -0.0719. The van der Waals surface area contributed by atoms with E-state index in [0.29, 0.717) is 24.2 Å². The molecule has 3 aromatic rings. The number of nitrogens with zero attached hydrogens (tertiary/aromatic N) is 7. The van der Waals surface area contributed by atoms with Crippen LogP contribution in [0.1, 0.15) is 37.2 Å². The largest absolute Gasteiger partial charge is 0.341 e. The van der Waals surface area contributed by atoms with Gasteiger partial charge in [-0.25, -0.2) is 19.3 Å². The summed E-state index contributed by atoms with van der Waals surface area (Å²) >= 11 is 0. The Bertz CT molecular complexity index is 984. The normalized spacial score (nSPS) is 17.8. The predicted molar refractivity (Wildman–Crippen MR) is 105 cm³/mol. The first-order valence-electron chi connectivity index (χ1n) is 9.91. The highest BCUT2D eigenvalue weighted by Crippen LogP contribution is 2.39. The average Bonchev–Trinajstić information content (AvgIpc) is 3.44. The van der Waals surface area contributed by atoms with E-state index in [1.54, 1.807) is 27.7 Å². The third-order valence-electron chi connectivity index (χ3n) is 5.63. The molecule has 28 heavy (non-hydrogen) atoms. The van der Waals surface area contributed by atoms with E-state index in [0.717, 1.165) is 31.9 Å². The summed E-state index contributed by atoms with van der Waals surface area (Å²) in [5.74, 6) is 2.58. The van der Waals surface area contributed by atoms with Gasteiger partial charge in [-0.1, -0.05) is 0 Å². The van der Waals surface area contributed by atoms with E-state index < -0.39 is 0 Å². The van der Waals surface area contributed by atoms with Gasteiger partial charge < -0.3 is 4.90 Å². The van der Waals surface area contributed by atoms with Crippen LogP contribution in [0.4, 0.5) is 5.95 Å². The van der Waals surface area contributed by atoms with Gasteiger partial charge in [0.15, 0.2) is 5.82 Å². The number of piperidine rings is 1. The van der Waals surface area contributed by atoms with Crippen LogP contribution in [0, 0.1) is 5.92 Å². The van der Waals surface area contributed by atoms with Crippen LogP contribution in [0.25, 0.3) is 5.82 Å². The molecule has 0 atom stereocenters. The van der Waals surface area contributed by atoms with Gasteiger partial charge in [0, 0.05) is 50.5 Å². The van der Waals surface area contributed by atoms with Crippen molar-refractivity contribution in [3.63, 3.8) is 0 Å². The lowest BCUT2D eigenvalue weighted by Crippen LogP contribution is -2.37. The van der Waals surface area contributed by atoms with Crippen molar-refractivity contribution in [1.82, 2.24) is 29.5 Å². The van der Waals surface area contributed by atoms with Gasteiger partial charge in [0.25, 0.3) is 5.56 Å². The van der Waals surface area contributed by atoms with Crippen LogP contribution in [0.5, 0.6) is 0 Å². The monoisotopic (exact) mass is 377 g/mol. The van der Waals surface area contributed by atoms with Gasteiger partial charge in [0.1, 0.15) is 0 Å². The molecular formula is C20H23N7O. The van der Waals surface area contributed by atoms with Gasteiger partial charge in [-0.2, -0.15) is 5.10 Å². The first-order valence-corrected chi connectivity index (χ1v) is 9.91. The van der Waals surface area contributed by atoms with Crippen molar-refractivity contribution < 1.29 is 0 Å². The molecule has 0 aromatic carbocycles. The summed E-state index contributed by atoms with van der Waals surface area (Å²) in [6.07, 6.45) is 12.0. The fraction of sp³-hybridized carbons (Fsp3) is 0.450. The maximum atomic E-state index is 12.2. The van der Waals surface area contributed by atoms with Crippen LogP contribution in [0.2, 0.25) is 0 Å². The molecule has 0 bridgehead atoms. The van der Waals surface area contributed by atoms with Gasteiger partial charge in [-0.15, -0.1) is 5.10 Å². The maximum absolute atomic E-state index is 12.2. The van der Waals surface area contributed by atoms with Gasteiger partial charge in [0.2, 0.25) is 5.95 Å². The molecule has 1 aliphatic heterocycles. The third-order valence-corrected chi connectivity index (χ3v) is 5.63. The number of rotatable bonds is 5. The molecule has 1 aliphatic carbocycles. The van der Waals surface area contributed by atoms with Crippen molar-refractivity contribution >= 4 is 5.95 Å². The highest BCUT2D eigenvalue weighted by atomic mass is 16.1. The molecule has 2 fully saturated rings. The Hall–Kier alpha value is -3.03. The summed E-state index contributed by atoms with van der Waals surface area (Å²) in [4.78, 5) is 23.6. The maximum Gasteiger partial charge on any atom is 0.266 e. The lowest BCUT2D eigenvalue weighted by molar-refractivity contribution is 0.333. The van der Waals surface area contributed by atoms with Crippen LogP contribution >= 0.6 is 0 Å². The van der Waals surface area contributed by atoms with E-state index in [2.05, 4.69) is 25.1 Å². The molecule has 0 amide bonds. The first kappa shape index (κ1) is 17.1.